The highest BCUT2D eigenvalue weighted by atomic mass is 35.5. The van der Waals surface area contributed by atoms with Crippen molar-refractivity contribution in [2.45, 2.75) is 32.0 Å². The Morgan fingerprint density at radius 1 is 1.00 bits per heavy atom. The number of quaternary nitrogens is 1. The summed E-state index contributed by atoms with van der Waals surface area (Å²) in [5, 5.41) is 19.6. The molecule has 2 fully saturated rings. The molecule has 14 nitrogen and oxygen atoms in total. The first-order valence-corrected chi connectivity index (χ1v) is 17.4. The van der Waals surface area contributed by atoms with Crippen LogP contribution in [0.3, 0.4) is 0 Å². The van der Waals surface area contributed by atoms with Gasteiger partial charge < -0.3 is 34.6 Å². The van der Waals surface area contributed by atoms with Gasteiger partial charge in [0.25, 0.3) is 17.7 Å². The van der Waals surface area contributed by atoms with Crippen molar-refractivity contribution in [1.29, 1.82) is 0 Å². The van der Waals surface area contributed by atoms with Crippen molar-refractivity contribution in [1.82, 2.24) is 34.4 Å². The van der Waals surface area contributed by atoms with E-state index in [1.165, 1.54) is 66.1 Å². The van der Waals surface area contributed by atoms with Crippen molar-refractivity contribution in [3.05, 3.63) is 76.5 Å². The number of amides is 4. The van der Waals surface area contributed by atoms with Crippen LogP contribution in [0.4, 0.5) is 14.5 Å². The zero-order valence-electron chi connectivity index (χ0n) is 30.0. The van der Waals surface area contributed by atoms with Crippen molar-refractivity contribution in [3.8, 4) is 22.4 Å². The van der Waals surface area contributed by atoms with Crippen molar-refractivity contribution in [3.63, 3.8) is 0 Å². The molecular formula is C36H41ClF2N9O5+. The smallest absolute Gasteiger partial charge is 0.291 e. The second kappa shape index (κ2) is 14.7. The van der Waals surface area contributed by atoms with Crippen molar-refractivity contribution in [2.75, 3.05) is 59.2 Å². The van der Waals surface area contributed by atoms with Gasteiger partial charge in [-0.15, -0.1) is 0 Å². The Balaban J connectivity index is 1.10. The van der Waals surface area contributed by atoms with Crippen LogP contribution >= 0.6 is 11.6 Å². The van der Waals surface area contributed by atoms with Gasteiger partial charge in [0.1, 0.15) is 19.2 Å². The van der Waals surface area contributed by atoms with Crippen LogP contribution in [-0.4, -0.2) is 128 Å². The van der Waals surface area contributed by atoms with Gasteiger partial charge >= 0.3 is 0 Å². The van der Waals surface area contributed by atoms with E-state index in [9.17, 15) is 24.3 Å². The summed E-state index contributed by atoms with van der Waals surface area (Å²) in [6.45, 7) is 3.43. The predicted octanol–water partition coefficient (Wildman–Crippen LogP) is 2.68. The van der Waals surface area contributed by atoms with Crippen LogP contribution in [0, 0.1) is 18.6 Å². The molecule has 0 bridgehead atoms. The van der Waals surface area contributed by atoms with Crippen LogP contribution in [-0.2, 0) is 23.2 Å². The highest BCUT2D eigenvalue weighted by molar-refractivity contribution is 6.34. The summed E-state index contributed by atoms with van der Waals surface area (Å²) in [7, 11) is 6.85. The quantitative estimate of drug-likeness (QED) is 0.234. The summed E-state index contributed by atoms with van der Waals surface area (Å²) < 4.78 is 34.1. The maximum Gasteiger partial charge on any atom is 0.291 e. The number of hydrogen-bond acceptors (Lipinski definition) is 7. The predicted molar refractivity (Wildman–Crippen MR) is 192 cm³/mol. The van der Waals surface area contributed by atoms with Gasteiger partial charge in [-0.25, -0.2) is 13.8 Å². The molecule has 53 heavy (non-hydrogen) atoms. The summed E-state index contributed by atoms with van der Waals surface area (Å²) in [5.41, 5.74) is 1.25. The highest BCUT2D eigenvalue weighted by Gasteiger charge is 2.46. The number of benzene rings is 2. The van der Waals surface area contributed by atoms with E-state index in [2.05, 4.69) is 20.7 Å². The molecule has 0 unspecified atom stereocenters. The number of likely N-dealkylation sites (N-methyl/N-ethyl adjacent to an activating group) is 2. The molecule has 2 aromatic carbocycles. The molecule has 4 amide bonds. The summed E-state index contributed by atoms with van der Waals surface area (Å²) in [6.07, 6.45) is 2.63. The maximum atomic E-state index is 15.5. The first-order valence-electron chi connectivity index (χ1n) is 17.0. The Kier molecular flexibility index (Phi) is 10.4. The standard InChI is InChI=1S/C36H40ClF2N9O5/c1-20-26(17-47(43-20)18-30(50)40-2)23-8-9-25(32(39)31(23)38)28-16-41-33(44(28)3)34(51)42-21-6-7-24(27(37)14-21)35(52)45-10-12-46(13-11-45)36(53)29-15-22(49)19-48(29,4)5/h6-9,14,16-17,22,29,49H,10-13,15,18-19H2,1-5H3,(H-,40,42,50,51,52)/p+1/t22-,29+/m1/s1. The lowest BCUT2D eigenvalue weighted by molar-refractivity contribution is -0.894. The Morgan fingerprint density at radius 3 is 2.30 bits per heavy atom. The van der Waals surface area contributed by atoms with E-state index in [-0.39, 0.29) is 69.2 Å². The van der Waals surface area contributed by atoms with Gasteiger partial charge in [0.05, 0.1) is 42.3 Å². The van der Waals surface area contributed by atoms with Gasteiger partial charge in [-0.2, -0.15) is 5.10 Å². The SMILES string of the molecule is CNC(=O)Cn1cc(-c2ccc(-c3cnc(C(=O)Nc4ccc(C(=O)N5CCN(C(=O)[C@@H]6C[C@@H](O)C[N+]6(C)C)CC5)c(Cl)c4)n3C)c(F)c2F)c(C)n1. The van der Waals surface area contributed by atoms with Crippen molar-refractivity contribution in [2.24, 2.45) is 7.05 Å². The number of aryl methyl sites for hydroxylation is 1. The first-order chi connectivity index (χ1) is 25.1. The molecule has 0 radical (unpaired) electrons. The van der Waals surface area contributed by atoms with E-state index in [1.807, 2.05) is 14.1 Å². The number of nitrogens with one attached hydrogen (secondary N) is 2. The third-order valence-corrected chi connectivity index (χ3v) is 10.3. The van der Waals surface area contributed by atoms with Crippen LogP contribution in [0.25, 0.3) is 22.4 Å². The molecule has 2 aliphatic rings. The fraction of sp³-hybridized carbons (Fsp3) is 0.389. The van der Waals surface area contributed by atoms with Gasteiger partial charge in [-0.3, -0.25) is 23.9 Å². The van der Waals surface area contributed by atoms with Crippen molar-refractivity contribution >= 4 is 40.9 Å². The average Bonchev–Trinajstić information content (AvgIpc) is 3.77. The third-order valence-electron chi connectivity index (χ3n) is 10.0. The molecule has 0 aliphatic carbocycles. The van der Waals surface area contributed by atoms with E-state index in [1.54, 1.807) is 16.7 Å². The minimum atomic E-state index is -1.15. The summed E-state index contributed by atoms with van der Waals surface area (Å²) >= 11 is 6.52. The monoisotopic (exact) mass is 752 g/mol. The molecule has 4 aromatic rings. The number of imidazole rings is 1. The number of anilines is 1. The molecule has 4 heterocycles. The number of halogens is 3. The number of carbonyl (C=O) groups is 4. The van der Waals surface area contributed by atoms with Gasteiger partial charge in [0.15, 0.2) is 23.5 Å². The number of rotatable bonds is 8. The largest absolute Gasteiger partial charge is 0.387 e. The number of hydrogen-bond donors (Lipinski definition) is 3. The zero-order valence-corrected chi connectivity index (χ0v) is 30.7. The number of nitrogens with zero attached hydrogens (tertiary/aromatic N) is 7. The average molecular weight is 753 g/mol. The lowest BCUT2D eigenvalue weighted by atomic mass is 10.0. The number of piperazine rings is 1. The minimum Gasteiger partial charge on any atom is -0.387 e. The van der Waals surface area contributed by atoms with E-state index in [0.29, 0.717) is 54.9 Å². The molecule has 3 N–H and O–H groups in total. The fourth-order valence-corrected chi connectivity index (χ4v) is 7.33. The second-order valence-electron chi connectivity index (χ2n) is 13.9. The molecule has 2 saturated heterocycles. The second-order valence-corrected chi connectivity index (χ2v) is 14.4. The number of aliphatic hydroxyl groups excluding tert-OH is 1. The molecular weight excluding hydrogens is 712 g/mol. The fourth-order valence-electron chi connectivity index (χ4n) is 7.07. The number of likely N-dealkylation sites (tertiary alicyclic amines) is 1. The Morgan fingerprint density at radius 2 is 1.66 bits per heavy atom. The minimum absolute atomic E-state index is 0.0254. The molecule has 2 aromatic heterocycles. The first kappa shape index (κ1) is 37.6. The molecule has 280 valence electrons. The Hall–Kier alpha value is -5.19. The van der Waals surface area contributed by atoms with Gasteiger partial charge in [0, 0.05) is 75.3 Å². The topological polar surface area (TPSA) is 155 Å². The zero-order chi connectivity index (χ0) is 38.4. The lowest BCUT2D eigenvalue weighted by Gasteiger charge is -2.38. The molecule has 2 atom stereocenters. The normalized spacial score (nSPS) is 18.3. The molecule has 2 aliphatic heterocycles. The van der Waals surface area contributed by atoms with Gasteiger partial charge in [0.2, 0.25) is 5.91 Å². The van der Waals surface area contributed by atoms with Gasteiger partial charge in [-0.05, 0) is 31.2 Å². The number of aromatic nitrogens is 4. The third kappa shape index (κ3) is 7.39. The Labute approximate surface area is 309 Å². The van der Waals surface area contributed by atoms with Crippen molar-refractivity contribution < 1.29 is 37.5 Å². The van der Waals surface area contributed by atoms with E-state index >= 15 is 8.78 Å². The molecule has 6 rings (SSSR count). The Bertz CT molecular complexity index is 2110. The van der Waals surface area contributed by atoms with Crippen LogP contribution in [0.15, 0.2) is 42.7 Å². The molecule has 0 saturated carbocycles. The maximum absolute atomic E-state index is 15.5. The van der Waals surface area contributed by atoms with Gasteiger partial charge in [-0.1, -0.05) is 17.7 Å². The van der Waals surface area contributed by atoms with Crippen LogP contribution in [0.5, 0.6) is 0 Å². The number of aliphatic hydroxyl groups is 1. The van der Waals surface area contributed by atoms with Crippen LogP contribution in [0.2, 0.25) is 5.02 Å². The van der Waals surface area contributed by atoms with Crippen LogP contribution in [0.1, 0.15) is 33.1 Å². The summed E-state index contributed by atoms with van der Waals surface area (Å²) in [6, 6.07) is 6.93. The summed E-state index contributed by atoms with van der Waals surface area (Å²) in [4.78, 5) is 59.1. The van der Waals surface area contributed by atoms with E-state index in [4.69, 9.17) is 11.6 Å². The van der Waals surface area contributed by atoms with Crippen LogP contribution < -0.4 is 10.6 Å². The number of carbonyl (C=O) groups excluding carboxylic acids is 4. The van der Waals surface area contributed by atoms with E-state index < -0.39 is 23.6 Å². The molecule has 0 spiro atoms. The van der Waals surface area contributed by atoms with E-state index in [0.717, 1.165) is 0 Å². The lowest BCUT2D eigenvalue weighted by Crippen LogP contribution is -2.58. The molecule has 17 heteroatoms. The highest BCUT2D eigenvalue weighted by Crippen LogP contribution is 2.33. The summed E-state index contributed by atoms with van der Waals surface area (Å²) in [5.74, 6) is -3.64.